The van der Waals surface area contributed by atoms with Gasteiger partial charge < -0.3 is 14.8 Å². The zero-order valence-corrected chi connectivity index (χ0v) is 16.9. The maximum Gasteiger partial charge on any atom is 0.337 e. The normalized spacial score (nSPS) is 11.8. The molecule has 0 aliphatic heterocycles. The Morgan fingerprint density at radius 3 is 2.76 bits per heavy atom. The van der Waals surface area contributed by atoms with Gasteiger partial charge in [-0.3, -0.25) is 4.79 Å². The van der Waals surface area contributed by atoms with Crippen molar-refractivity contribution in [2.24, 2.45) is 0 Å². The second-order valence-electron chi connectivity index (χ2n) is 6.48. The summed E-state index contributed by atoms with van der Waals surface area (Å²) in [6, 6.07) is 13.4. The van der Waals surface area contributed by atoms with Gasteiger partial charge in [-0.2, -0.15) is 5.26 Å². The topological polar surface area (TPSA) is 103 Å². The maximum absolute atomic E-state index is 12.7. The van der Waals surface area contributed by atoms with Crippen LogP contribution in [0.3, 0.4) is 0 Å². The molecule has 3 rings (SSSR count). The van der Waals surface area contributed by atoms with Crippen LogP contribution in [0.1, 0.15) is 41.4 Å². The van der Waals surface area contributed by atoms with Gasteiger partial charge in [0.2, 0.25) is 0 Å². The number of hydrogen-bond acceptors (Lipinski definition) is 6. The van der Waals surface area contributed by atoms with Gasteiger partial charge in [0.1, 0.15) is 5.58 Å². The zero-order chi connectivity index (χ0) is 21.0. The van der Waals surface area contributed by atoms with Crippen molar-refractivity contribution < 1.29 is 14.3 Å². The summed E-state index contributed by atoms with van der Waals surface area (Å²) in [5.74, 6) is -0.271. The Labute approximate surface area is 172 Å². The molecule has 7 heteroatoms. The number of carboxylic acid groups (broad SMARTS) is 1. The fraction of sp³-hybridized carbons (Fsp3) is 0.227. The first kappa shape index (κ1) is 20.5. The fourth-order valence-electron chi connectivity index (χ4n) is 3.16. The first-order valence-electron chi connectivity index (χ1n) is 9.13. The van der Waals surface area contributed by atoms with Crippen molar-refractivity contribution in [3.63, 3.8) is 0 Å². The number of carboxylic acids is 1. The van der Waals surface area contributed by atoms with Crippen molar-refractivity contribution in [3.05, 3.63) is 69.4 Å². The molecule has 0 amide bonds. The molecular formula is C22H20N2O4S. The first-order chi connectivity index (χ1) is 13.9. The fourth-order valence-corrected chi connectivity index (χ4v) is 3.78. The molecule has 148 valence electrons. The highest BCUT2D eigenvalue weighted by Gasteiger charge is 2.18. The summed E-state index contributed by atoms with van der Waals surface area (Å²) in [6.45, 7) is 3.84. The zero-order valence-electron chi connectivity index (χ0n) is 16.1. The van der Waals surface area contributed by atoms with Gasteiger partial charge in [-0.25, -0.2) is 4.79 Å². The van der Waals surface area contributed by atoms with Crippen molar-refractivity contribution in [1.29, 1.82) is 5.26 Å². The van der Waals surface area contributed by atoms with E-state index in [1.165, 1.54) is 23.9 Å². The number of nitriles is 1. The van der Waals surface area contributed by atoms with Crippen LogP contribution in [0.5, 0.6) is 0 Å². The number of rotatable bonds is 7. The number of nitrogens with one attached hydrogen (secondary N) is 1. The van der Waals surface area contributed by atoms with E-state index in [2.05, 4.69) is 11.4 Å². The van der Waals surface area contributed by atoms with Crippen molar-refractivity contribution in [3.8, 4) is 6.07 Å². The molecule has 1 heterocycles. The molecule has 0 fully saturated rings. The number of carbonyl (C=O) groups is 1. The second-order valence-corrected chi connectivity index (χ2v) is 7.74. The summed E-state index contributed by atoms with van der Waals surface area (Å²) >= 11 is 1.43. The molecule has 2 aromatic carbocycles. The van der Waals surface area contributed by atoms with Gasteiger partial charge in [0.15, 0.2) is 10.5 Å². The largest absolute Gasteiger partial charge is 0.478 e. The smallest absolute Gasteiger partial charge is 0.337 e. The van der Waals surface area contributed by atoms with Crippen LogP contribution in [-0.2, 0) is 6.42 Å². The minimum atomic E-state index is -1.03. The Morgan fingerprint density at radius 2 is 2.07 bits per heavy atom. The molecule has 2 N–H and O–H groups in total. The standard InChI is InChI=1S/C22H20N2O4S/c1-3-29-20-12-19(25)17-11-14(8-9-23)10-16(21(17)28-20)13(2)24-18-7-5-4-6-15(18)22(26)27/h4-7,10-13,24H,3,8H2,1-2H3,(H,26,27). The first-order valence-corrected chi connectivity index (χ1v) is 10.1. The highest BCUT2D eigenvalue weighted by Crippen LogP contribution is 2.31. The molecule has 0 saturated heterocycles. The van der Waals surface area contributed by atoms with E-state index in [0.29, 0.717) is 32.9 Å². The number of anilines is 1. The predicted molar refractivity (Wildman–Crippen MR) is 114 cm³/mol. The quantitative estimate of drug-likeness (QED) is 0.539. The lowest BCUT2D eigenvalue weighted by atomic mass is 9.99. The molecule has 1 atom stereocenters. The number of fused-ring (bicyclic) bond motifs is 1. The lowest BCUT2D eigenvalue weighted by Gasteiger charge is -2.19. The lowest BCUT2D eigenvalue weighted by molar-refractivity contribution is 0.0698. The third kappa shape index (κ3) is 4.44. The molecule has 0 spiro atoms. The van der Waals surface area contributed by atoms with Crippen molar-refractivity contribution in [2.45, 2.75) is 31.4 Å². The summed E-state index contributed by atoms with van der Waals surface area (Å²) in [6.07, 6.45) is 0.159. The summed E-state index contributed by atoms with van der Waals surface area (Å²) in [7, 11) is 0. The lowest BCUT2D eigenvalue weighted by Crippen LogP contribution is -2.13. The number of aromatic carboxylic acids is 1. The van der Waals surface area contributed by atoms with Gasteiger partial charge in [0, 0.05) is 17.3 Å². The Bertz CT molecular complexity index is 1160. The van der Waals surface area contributed by atoms with E-state index in [1.807, 2.05) is 19.9 Å². The van der Waals surface area contributed by atoms with Crippen molar-refractivity contribution in [2.75, 3.05) is 11.1 Å². The minimum absolute atomic E-state index is 0.153. The third-order valence-corrected chi connectivity index (χ3v) is 5.23. The van der Waals surface area contributed by atoms with E-state index in [9.17, 15) is 14.7 Å². The van der Waals surface area contributed by atoms with Gasteiger partial charge in [-0.1, -0.05) is 30.8 Å². The number of hydrogen-bond donors (Lipinski definition) is 2. The highest BCUT2D eigenvalue weighted by atomic mass is 32.2. The van der Waals surface area contributed by atoms with Crippen LogP contribution in [-0.4, -0.2) is 16.8 Å². The van der Waals surface area contributed by atoms with E-state index >= 15 is 0 Å². The number of benzene rings is 2. The SMILES string of the molecule is CCSc1cc(=O)c2cc(CC#N)cc(C(C)Nc3ccccc3C(=O)O)c2o1. The van der Waals surface area contributed by atoms with Gasteiger partial charge >= 0.3 is 5.97 Å². The van der Waals surface area contributed by atoms with Crippen LogP contribution in [0.25, 0.3) is 11.0 Å². The van der Waals surface area contributed by atoms with Crippen LogP contribution in [0.2, 0.25) is 0 Å². The van der Waals surface area contributed by atoms with Gasteiger partial charge in [-0.15, -0.1) is 0 Å². The van der Waals surface area contributed by atoms with E-state index < -0.39 is 5.97 Å². The summed E-state index contributed by atoms with van der Waals surface area (Å²) in [5, 5.41) is 22.7. The number of thioether (sulfide) groups is 1. The molecule has 3 aromatic rings. The van der Waals surface area contributed by atoms with Crippen LogP contribution in [0.4, 0.5) is 5.69 Å². The van der Waals surface area contributed by atoms with Crippen LogP contribution >= 0.6 is 11.8 Å². The van der Waals surface area contributed by atoms with Gasteiger partial charge in [0.25, 0.3) is 0 Å². The Balaban J connectivity index is 2.14. The average molecular weight is 408 g/mol. The number of nitrogens with zero attached hydrogens (tertiary/aromatic N) is 1. The van der Waals surface area contributed by atoms with Gasteiger partial charge in [0.05, 0.1) is 29.5 Å². The molecule has 0 aliphatic carbocycles. The Hall–Kier alpha value is -3.24. The van der Waals surface area contributed by atoms with Crippen LogP contribution in [0, 0.1) is 11.3 Å². The van der Waals surface area contributed by atoms with Crippen molar-refractivity contribution in [1.82, 2.24) is 0 Å². The molecule has 0 aliphatic rings. The third-order valence-electron chi connectivity index (χ3n) is 4.46. The summed E-state index contributed by atoms with van der Waals surface area (Å²) < 4.78 is 6.01. The van der Waals surface area contributed by atoms with Crippen LogP contribution in [0.15, 0.2) is 56.8 Å². The minimum Gasteiger partial charge on any atom is -0.478 e. The van der Waals surface area contributed by atoms with E-state index in [4.69, 9.17) is 9.68 Å². The number of para-hydroxylation sites is 1. The molecule has 0 saturated carbocycles. The molecular weight excluding hydrogens is 388 g/mol. The maximum atomic E-state index is 12.7. The Morgan fingerprint density at radius 1 is 1.31 bits per heavy atom. The highest BCUT2D eigenvalue weighted by molar-refractivity contribution is 7.99. The molecule has 1 aromatic heterocycles. The molecule has 6 nitrogen and oxygen atoms in total. The monoisotopic (exact) mass is 408 g/mol. The van der Waals surface area contributed by atoms with Gasteiger partial charge in [-0.05, 0) is 42.5 Å². The molecule has 29 heavy (non-hydrogen) atoms. The summed E-state index contributed by atoms with van der Waals surface area (Å²) in [5.41, 5.74) is 2.31. The Kier molecular flexibility index (Phi) is 6.25. The average Bonchev–Trinajstić information content (AvgIpc) is 2.68. The molecule has 1 unspecified atom stereocenters. The van der Waals surface area contributed by atoms with E-state index in [-0.39, 0.29) is 23.5 Å². The van der Waals surface area contributed by atoms with Crippen LogP contribution < -0.4 is 10.7 Å². The van der Waals surface area contributed by atoms with Crippen molar-refractivity contribution >= 4 is 34.4 Å². The van der Waals surface area contributed by atoms with E-state index in [1.54, 1.807) is 24.3 Å². The van der Waals surface area contributed by atoms with E-state index in [0.717, 1.165) is 5.75 Å². The molecule has 0 radical (unpaired) electrons. The summed E-state index contributed by atoms with van der Waals surface area (Å²) in [4.78, 5) is 24.2. The molecule has 0 bridgehead atoms. The second kappa shape index (κ2) is 8.84. The predicted octanol–water partition coefficient (Wildman–Crippen LogP) is 4.84.